The van der Waals surface area contributed by atoms with E-state index in [0.29, 0.717) is 17.7 Å². The van der Waals surface area contributed by atoms with Crippen LogP contribution in [0.1, 0.15) is 28.9 Å². The van der Waals surface area contributed by atoms with Crippen LogP contribution in [-0.4, -0.2) is 17.9 Å². The fourth-order valence-electron chi connectivity index (χ4n) is 1.99. The minimum absolute atomic E-state index is 0.119. The number of ketones is 1. The third-order valence-corrected chi connectivity index (χ3v) is 2.97. The van der Waals surface area contributed by atoms with Crippen molar-refractivity contribution < 1.29 is 9.53 Å². The summed E-state index contributed by atoms with van der Waals surface area (Å²) in [6.45, 7) is 0. The standard InChI is InChI=1S/C16H17NO2/c1-19-16-11-3-2-9-14(16)15(18)10-6-8-13-7-4-5-12-17-13/h2-5,7,9,11-12H,6,8,10H2,1H3. The Morgan fingerprint density at radius 3 is 2.68 bits per heavy atom. The Bertz CT molecular complexity index is 537. The largest absolute Gasteiger partial charge is 0.496 e. The van der Waals surface area contributed by atoms with E-state index in [2.05, 4.69) is 4.98 Å². The number of hydrogen-bond acceptors (Lipinski definition) is 3. The van der Waals surface area contributed by atoms with Crippen LogP contribution >= 0.6 is 0 Å². The highest BCUT2D eigenvalue weighted by Gasteiger charge is 2.10. The number of nitrogens with zero attached hydrogens (tertiary/aromatic N) is 1. The Balaban J connectivity index is 1.91. The molecule has 0 aliphatic carbocycles. The molecule has 0 atom stereocenters. The lowest BCUT2D eigenvalue weighted by molar-refractivity contribution is 0.0977. The molecule has 3 heteroatoms. The first-order valence-corrected chi connectivity index (χ1v) is 6.37. The number of para-hydroxylation sites is 1. The highest BCUT2D eigenvalue weighted by Crippen LogP contribution is 2.19. The van der Waals surface area contributed by atoms with Crippen molar-refractivity contribution in [2.24, 2.45) is 0 Å². The number of carbonyl (C=O) groups is 1. The number of Topliss-reactive ketones (excluding diaryl/α,β-unsaturated/α-hetero) is 1. The molecule has 2 aromatic rings. The lowest BCUT2D eigenvalue weighted by atomic mass is 10.0. The number of methoxy groups -OCH3 is 1. The summed E-state index contributed by atoms with van der Waals surface area (Å²) in [6.07, 6.45) is 3.91. The van der Waals surface area contributed by atoms with Gasteiger partial charge in [-0.3, -0.25) is 9.78 Å². The summed E-state index contributed by atoms with van der Waals surface area (Å²) in [6, 6.07) is 13.2. The van der Waals surface area contributed by atoms with Crippen LogP contribution in [0.5, 0.6) is 5.75 Å². The van der Waals surface area contributed by atoms with Gasteiger partial charge >= 0.3 is 0 Å². The average molecular weight is 255 g/mol. The van der Waals surface area contributed by atoms with Gasteiger partial charge < -0.3 is 4.74 Å². The van der Waals surface area contributed by atoms with Gasteiger partial charge in [-0.2, -0.15) is 0 Å². The van der Waals surface area contributed by atoms with Crippen molar-refractivity contribution in [3.05, 3.63) is 59.9 Å². The van der Waals surface area contributed by atoms with Crippen molar-refractivity contribution in [3.63, 3.8) is 0 Å². The van der Waals surface area contributed by atoms with E-state index in [4.69, 9.17) is 4.74 Å². The molecule has 0 saturated heterocycles. The second-order valence-corrected chi connectivity index (χ2v) is 4.30. The number of pyridine rings is 1. The van der Waals surface area contributed by atoms with Crippen LogP contribution in [0.2, 0.25) is 0 Å². The fraction of sp³-hybridized carbons (Fsp3) is 0.250. The minimum Gasteiger partial charge on any atom is -0.496 e. The van der Waals surface area contributed by atoms with Gasteiger partial charge in [0.2, 0.25) is 0 Å². The molecule has 0 radical (unpaired) electrons. The fourth-order valence-corrected chi connectivity index (χ4v) is 1.99. The number of rotatable bonds is 6. The first-order chi connectivity index (χ1) is 9.31. The zero-order valence-corrected chi connectivity index (χ0v) is 11.0. The highest BCUT2D eigenvalue weighted by molar-refractivity contribution is 5.98. The number of aromatic nitrogens is 1. The molecule has 0 N–H and O–H groups in total. The molecule has 3 nitrogen and oxygen atoms in total. The van der Waals surface area contributed by atoms with E-state index in [1.165, 1.54) is 0 Å². The SMILES string of the molecule is COc1ccccc1C(=O)CCCc1ccccn1. The molecule has 0 bridgehead atoms. The molecule has 0 unspecified atom stereocenters. The Kier molecular flexibility index (Phi) is 4.67. The maximum Gasteiger partial charge on any atom is 0.166 e. The molecule has 0 spiro atoms. The van der Waals surface area contributed by atoms with Gasteiger partial charge in [-0.15, -0.1) is 0 Å². The van der Waals surface area contributed by atoms with Crippen LogP contribution in [0.25, 0.3) is 0 Å². The van der Waals surface area contributed by atoms with Gasteiger partial charge in [0.1, 0.15) is 5.75 Å². The number of benzene rings is 1. The highest BCUT2D eigenvalue weighted by atomic mass is 16.5. The van der Waals surface area contributed by atoms with Crippen LogP contribution in [-0.2, 0) is 6.42 Å². The number of carbonyl (C=O) groups excluding carboxylic acids is 1. The Labute approximate surface area is 113 Å². The lowest BCUT2D eigenvalue weighted by Crippen LogP contribution is -2.03. The van der Waals surface area contributed by atoms with Crippen molar-refractivity contribution in [1.29, 1.82) is 0 Å². The lowest BCUT2D eigenvalue weighted by Gasteiger charge is -2.06. The normalized spacial score (nSPS) is 10.2. The topological polar surface area (TPSA) is 39.2 Å². The van der Waals surface area contributed by atoms with Crippen LogP contribution in [0.15, 0.2) is 48.7 Å². The van der Waals surface area contributed by atoms with E-state index >= 15 is 0 Å². The summed E-state index contributed by atoms with van der Waals surface area (Å²) in [4.78, 5) is 16.4. The summed E-state index contributed by atoms with van der Waals surface area (Å²) >= 11 is 0. The summed E-state index contributed by atoms with van der Waals surface area (Å²) in [5.41, 5.74) is 1.68. The quantitative estimate of drug-likeness (QED) is 0.743. The van der Waals surface area contributed by atoms with Crippen LogP contribution in [0.4, 0.5) is 0 Å². The summed E-state index contributed by atoms with van der Waals surface area (Å²) in [7, 11) is 1.58. The van der Waals surface area contributed by atoms with E-state index in [-0.39, 0.29) is 5.78 Å². The summed E-state index contributed by atoms with van der Waals surface area (Å²) in [5, 5.41) is 0. The second-order valence-electron chi connectivity index (χ2n) is 4.30. The van der Waals surface area contributed by atoms with Gasteiger partial charge in [-0.05, 0) is 37.1 Å². The van der Waals surface area contributed by atoms with Gasteiger partial charge in [0.05, 0.1) is 12.7 Å². The third-order valence-electron chi connectivity index (χ3n) is 2.97. The maximum absolute atomic E-state index is 12.1. The van der Waals surface area contributed by atoms with Gasteiger partial charge in [-0.25, -0.2) is 0 Å². The molecule has 0 fully saturated rings. The van der Waals surface area contributed by atoms with Crippen molar-refractivity contribution >= 4 is 5.78 Å². The van der Waals surface area contributed by atoms with Crippen molar-refractivity contribution in [2.45, 2.75) is 19.3 Å². The van der Waals surface area contributed by atoms with Gasteiger partial charge in [0.25, 0.3) is 0 Å². The summed E-state index contributed by atoms with van der Waals surface area (Å²) < 4.78 is 5.20. The van der Waals surface area contributed by atoms with E-state index in [1.807, 2.05) is 42.5 Å². The molecule has 1 aromatic carbocycles. The number of aryl methyl sites for hydroxylation is 1. The molecular formula is C16H17NO2. The molecule has 2 rings (SSSR count). The summed E-state index contributed by atoms with van der Waals surface area (Å²) in [5.74, 6) is 0.763. The minimum atomic E-state index is 0.119. The van der Waals surface area contributed by atoms with Gasteiger partial charge in [0, 0.05) is 18.3 Å². The van der Waals surface area contributed by atoms with Crippen LogP contribution in [0.3, 0.4) is 0 Å². The molecule has 1 aromatic heterocycles. The Morgan fingerprint density at radius 2 is 1.95 bits per heavy atom. The maximum atomic E-state index is 12.1. The first kappa shape index (κ1) is 13.3. The Morgan fingerprint density at radius 1 is 1.16 bits per heavy atom. The monoisotopic (exact) mass is 255 g/mol. The van der Waals surface area contributed by atoms with E-state index in [0.717, 1.165) is 18.5 Å². The third kappa shape index (κ3) is 3.65. The predicted molar refractivity (Wildman–Crippen MR) is 74.5 cm³/mol. The van der Waals surface area contributed by atoms with Crippen molar-refractivity contribution in [2.75, 3.05) is 7.11 Å². The predicted octanol–water partition coefficient (Wildman–Crippen LogP) is 3.30. The smallest absolute Gasteiger partial charge is 0.166 e. The van der Waals surface area contributed by atoms with Gasteiger partial charge in [-0.1, -0.05) is 18.2 Å². The zero-order chi connectivity index (χ0) is 13.5. The van der Waals surface area contributed by atoms with Crippen LogP contribution < -0.4 is 4.74 Å². The number of ether oxygens (including phenoxy) is 1. The number of hydrogen-bond donors (Lipinski definition) is 0. The molecule has 0 saturated carbocycles. The average Bonchev–Trinajstić information content (AvgIpc) is 2.48. The van der Waals surface area contributed by atoms with Crippen molar-refractivity contribution in [1.82, 2.24) is 4.98 Å². The second kappa shape index (κ2) is 6.69. The zero-order valence-electron chi connectivity index (χ0n) is 11.0. The molecule has 0 aliphatic rings. The van der Waals surface area contributed by atoms with E-state index in [1.54, 1.807) is 13.3 Å². The molecule has 19 heavy (non-hydrogen) atoms. The molecule has 1 heterocycles. The van der Waals surface area contributed by atoms with Gasteiger partial charge in [0.15, 0.2) is 5.78 Å². The molecule has 0 amide bonds. The van der Waals surface area contributed by atoms with E-state index < -0.39 is 0 Å². The van der Waals surface area contributed by atoms with E-state index in [9.17, 15) is 4.79 Å². The Hall–Kier alpha value is -2.16. The molecule has 98 valence electrons. The van der Waals surface area contributed by atoms with Crippen molar-refractivity contribution in [3.8, 4) is 5.75 Å². The molecular weight excluding hydrogens is 238 g/mol. The first-order valence-electron chi connectivity index (χ1n) is 6.37. The van der Waals surface area contributed by atoms with Crippen LogP contribution in [0, 0.1) is 0 Å². The molecule has 0 aliphatic heterocycles.